The van der Waals surface area contributed by atoms with Crippen LogP contribution in [0.3, 0.4) is 0 Å². The predicted molar refractivity (Wildman–Crippen MR) is 181 cm³/mol. The molecular weight excluding hydrogens is 544 g/mol. The highest BCUT2D eigenvalue weighted by Crippen LogP contribution is 2.37. The van der Waals surface area contributed by atoms with Crippen molar-refractivity contribution in [3.05, 3.63) is 168 Å². The average Bonchev–Trinajstić information content (AvgIpc) is 3.08. The summed E-state index contributed by atoms with van der Waals surface area (Å²) in [6.07, 6.45) is 4.67. The van der Waals surface area contributed by atoms with Crippen molar-refractivity contribution in [1.29, 1.82) is 0 Å². The van der Waals surface area contributed by atoms with Crippen LogP contribution in [0, 0.1) is 6.57 Å². The lowest BCUT2D eigenvalue weighted by molar-refractivity contribution is -0.132. The minimum Gasteiger partial charge on any atom is -0.486 e. The molecule has 0 spiro atoms. The van der Waals surface area contributed by atoms with Crippen LogP contribution in [0.4, 0.5) is 39.8 Å². The molecule has 0 amide bonds. The molecule has 0 aliphatic heterocycles. The second-order valence-electron chi connectivity index (χ2n) is 10.1. The lowest BCUT2D eigenvalue weighted by atomic mass is 10.1. The summed E-state index contributed by atoms with van der Waals surface area (Å²) in [5, 5.41) is 9.07. The summed E-state index contributed by atoms with van der Waals surface area (Å²) in [6, 6.07) is 45.5. The molecule has 0 radical (unpaired) electrons. The number of hydrogen-bond acceptors (Lipinski definition) is 4. The maximum absolute atomic E-state index is 11.1. The largest absolute Gasteiger partial charge is 0.486 e. The zero-order valence-corrected chi connectivity index (χ0v) is 24.6. The van der Waals surface area contributed by atoms with Gasteiger partial charge in [0.15, 0.2) is 0 Å². The van der Waals surface area contributed by atoms with Crippen molar-refractivity contribution in [3.63, 3.8) is 0 Å². The van der Waals surface area contributed by atoms with Crippen molar-refractivity contribution in [2.24, 2.45) is 0 Å². The summed E-state index contributed by atoms with van der Waals surface area (Å²) < 4.78 is 0. The van der Waals surface area contributed by atoms with Crippen LogP contribution in [0.5, 0.6) is 0 Å². The monoisotopic (exact) mass is 576 g/mol. The summed E-state index contributed by atoms with van der Waals surface area (Å²) in [5.41, 5.74) is 7.93. The van der Waals surface area contributed by atoms with E-state index in [9.17, 15) is 4.79 Å². The normalized spacial score (nSPS) is 11.2. The molecule has 0 aliphatic carbocycles. The summed E-state index contributed by atoms with van der Waals surface area (Å²) in [4.78, 5) is 20.6. The van der Waals surface area contributed by atoms with Crippen LogP contribution in [0.15, 0.2) is 151 Å². The molecule has 0 saturated heterocycles. The highest BCUT2D eigenvalue weighted by Gasteiger charge is 2.14. The summed E-state index contributed by atoms with van der Waals surface area (Å²) in [5.74, 6) is -1.24. The fourth-order valence-electron chi connectivity index (χ4n) is 4.84. The number of anilines is 7. The first kappa shape index (κ1) is 29.4. The highest BCUT2D eigenvalue weighted by molar-refractivity contribution is 5.89. The van der Waals surface area contributed by atoms with Crippen LogP contribution in [0.25, 0.3) is 10.9 Å². The molecule has 0 bridgehead atoms. The Balaban J connectivity index is 1.47. The Labute approximate surface area is 258 Å². The second kappa shape index (κ2) is 13.7. The molecule has 5 aromatic carbocycles. The maximum Gasteiger partial charge on any atom is 0.333 e. The van der Waals surface area contributed by atoms with Crippen molar-refractivity contribution < 1.29 is 9.90 Å². The van der Waals surface area contributed by atoms with E-state index in [-0.39, 0.29) is 5.70 Å². The zero-order chi connectivity index (χ0) is 30.9. The van der Waals surface area contributed by atoms with Crippen molar-refractivity contribution >= 4 is 51.9 Å². The molecule has 0 unspecified atom stereocenters. The van der Waals surface area contributed by atoms with E-state index in [1.165, 1.54) is 6.08 Å². The molecule has 6 nitrogen and oxygen atoms in total. The third-order valence-corrected chi connectivity index (χ3v) is 7.31. The molecule has 5 aromatic rings. The Kier molecular flexibility index (Phi) is 9.19. The lowest BCUT2D eigenvalue weighted by Gasteiger charge is -2.27. The van der Waals surface area contributed by atoms with Gasteiger partial charge in [0.05, 0.1) is 6.57 Å². The number of allylic oxidation sites excluding steroid dienone is 2. The van der Waals surface area contributed by atoms with Gasteiger partial charge in [-0.05, 0) is 96.6 Å². The average molecular weight is 577 g/mol. The standard InChI is InChI=1S/C38H32N4O2/c1-39-37(38(43)44)16-10-11-29-17-19-34(20-18-29)42(35-25-21-32(22-26-35)40(2)30-12-6-4-7-13-30)36-27-23-33(24-28-36)41(3)31-14-8-5-9-15-31/h4-28H,2-3H3,(H,43,44)/b11-10+,37-16-. The van der Waals surface area contributed by atoms with Gasteiger partial charge in [-0.25, -0.2) is 4.85 Å². The SMILES string of the molecule is [C-]#[N+]/C(=C\C=C\c1ccc(N(c2ccc(N(C)c3ccccc3)cc2)c2ccc(N(C)c3ccccc3)cc2)cc1)C(=O)O. The van der Waals surface area contributed by atoms with Crippen LogP contribution in [0.1, 0.15) is 5.56 Å². The fraction of sp³-hybridized carbons (Fsp3) is 0.0526. The molecule has 216 valence electrons. The highest BCUT2D eigenvalue weighted by atomic mass is 16.4. The molecule has 0 saturated carbocycles. The molecule has 0 aromatic heterocycles. The van der Waals surface area contributed by atoms with Crippen molar-refractivity contribution in [1.82, 2.24) is 0 Å². The van der Waals surface area contributed by atoms with E-state index >= 15 is 0 Å². The Morgan fingerprint density at radius 3 is 1.34 bits per heavy atom. The zero-order valence-electron chi connectivity index (χ0n) is 24.6. The molecule has 0 heterocycles. The van der Waals surface area contributed by atoms with Crippen molar-refractivity contribution in [2.75, 3.05) is 28.8 Å². The van der Waals surface area contributed by atoms with Gasteiger partial charge in [0.25, 0.3) is 5.70 Å². The Bertz CT molecular complexity index is 1700. The minimum absolute atomic E-state index is 0.327. The second-order valence-corrected chi connectivity index (χ2v) is 10.1. The van der Waals surface area contributed by atoms with Gasteiger partial charge in [-0.1, -0.05) is 60.7 Å². The first-order valence-corrected chi connectivity index (χ1v) is 14.1. The molecule has 44 heavy (non-hydrogen) atoms. The Morgan fingerprint density at radius 1 is 0.591 bits per heavy atom. The number of benzene rings is 5. The van der Waals surface area contributed by atoms with E-state index in [2.05, 4.69) is 106 Å². The summed E-state index contributed by atoms with van der Waals surface area (Å²) in [7, 11) is 4.12. The van der Waals surface area contributed by atoms with Gasteiger partial charge in [0.2, 0.25) is 0 Å². The van der Waals surface area contributed by atoms with Gasteiger partial charge >= 0.3 is 5.97 Å². The third kappa shape index (κ3) is 6.87. The topological polar surface area (TPSA) is 51.4 Å². The number of para-hydroxylation sites is 2. The smallest absolute Gasteiger partial charge is 0.333 e. The Morgan fingerprint density at radius 2 is 0.955 bits per heavy atom. The Hall–Kier alpha value is -6.06. The number of nitrogens with zero attached hydrogens (tertiary/aromatic N) is 4. The van der Waals surface area contributed by atoms with Crippen LogP contribution in [-0.4, -0.2) is 25.2 Å². The number of hydrogen-bond donors (Lipinski definition) is 1. The predicted octanol–water partition coefficient (Wildman–Crippen LogP) is 9.59. The van der Waals surface area contributed by atoms with Crippen LogP contribution in [-0.2, 0) is 4.79 Å². The maximum atomic E-state index is 11.1. The first-order chi connectivity index (χ1) is 21.4. The van der Waals surface area contributed by atoms with Crippen LogP contribution >= 0.6 is 0 Å². The van der Waals surface area contributed by atoms with E-state index in [1.807, 2.05) is 60.7 Å². The quantitative estimate of drug-likeness (QED) is 0.102. The summed E-state index contributed by atoms with van der Waals surface area (Å²) >= 11 is 0. The fourth-order valence-corrected chi connectivity index (χ4v) is 4.84. The summed E-state index contributed by atoms with van der Waals surface area (Å²) in [6.45, 7) is 7.00. The van der Waals surface area contributed by atoms with Crippen LogP contribution in [0.2, 0.25) is 0 Å². The number of carboxylic acids is 1. The van der Waals surface area contributed by atoms with Gasteiger partial charge in [-0.2, -0.15) is 0 Å². The number of carboxylic acid groups (broad SMARTS) is 1. The van der Waals surface area contributed by atoms with Gasteiger partial charge in [0.1, 0.15) is 0 Å². The van der Waals surface area contributed by atoms with Crippen molar-refractivity contribution in [2.45, 2.75) is 0 Å². The van der Waals surface area contributed by atoms with E-state index in [4.69, 9.17) is 11.7 Å². The van der Waals surface area contributed by atoms with E-state index in [1.54, 1.807) is 12.2 Å². The van der Waals surface area contributed by atoms with Gasteiger partial charge in [0, 0.05) is 53.9 Å². The molecule has 0 aliphatic rings. The molecular formula is C38H32N4O2. The van der Waals surface area contributed by atoms with Gasteiger partial charge < -0.3 is 19.8 Å². The van der Waals surface area contributed by atoms with Gasteiger partial charge in [-0.15, -0.1) is 0 Å². The third-order valence-electron chi connectivity index (χ3n) is 7.31. The molecule has 1 N–H and O–H groups in total. The molecule has 0 atom stereocenters. The van der Waals surface area contributed by atoms with Crippen molar-refractivity contribution in [3.8, 4) is 0 Å². The van der Waals surface area contributed by atoms with E-state index < -0.39 is 5.97 Å². The van der Waals surface area contributed by atoms with E-state index in [0.717, 1.165) is 45.4 Å². The number of rotatable bonds is 10. The lowest BCUT2D eigenvalue weighted by Crippen LogP contribution is -2.13. The van der Waals surface area contributed by atoms with Gasteiger partial charge in [-0.3, -0.25) is 4.79 Å². The number of aliphatic carboxylic acids is 1. The molecule has 6 heteroatoms. The minimum atomic E-state index is -1.24. The van der Waals surface area contributed by atoms with Crippen LogP contribution < -0.4 is 14.7 Å². The molecule has 0 fully saturated rings. The first-order valence-electron chi connectivity index (χ1n) is 14.1. The molecule has 5 rings (SSSR count). The number of carbonyl (C=O) groups is 1. The van der Waals surface area contributed by atoms with E-state index in [0.29, 0.717) is 0 Å².